The molecule has 0 aromatic heterocycles. The minimum Gasteiger partial charge on any atom is -0.325 e. The van der Waals surface area contributed by atoms with Crippen LogP contribution in [-0.4, -0.2) is 5.91 Å². The molecule has 1 unspecified atom stereocenters. The fourth-order valence-electron chi connectivity index (χ4n) is 2.51. The molecule has 0 bridgehead atoms. The molecule has 22 heavy (non-hydrogen) atoms. The summed E-state index contributed by atoms with van der Waals surface area (Å²) >= 11 is 3.55. The lowest BCUT2D eigenvalue weighted by Crippen LogP contribution is -2.19. The van der Waals surface area contributed by atoms with Crippen molar-refractivity contribution in [1.29, 1.82) is 0 Å². The summed E-state index contributed by atoms with van der Waals surface area (Å²) in [5.74, 6) is -0.192. The minimum absolute atomic E-state index is 0.00123. The van der Waals surface area contributed by atoms with E-state index in [9.17, 15) is 4.79 Å². The van der Waals surface area contributed by atoms with Crippen LogP contribution >= 0.6 is 15.9 Å². The summed E-state index contributed by atoms with van der Waals surface area (Å²) in [6.07, 6.45) is 0. The van der Waals surface area contributed by atoms with Crippen LogP contribution in [0, 0.1) is 0 Å². The van der Waals surface area contributed by atoms with Crippen LogP contribution < -0.4 is 5.32 Å². The Morgan fingerprint density at radius 1 is 0.909 bits per heavy atom. The number of carbonyl (C=O) groups is 1. The van der Waals surface area contributed by atoms with E-state index in [0.717, 1.165) is 26.5 Å². The van der Waals surface area contributed by atoms with Crippen LogP contribution in [0.5, 0.6) is 0 Å². The first-order valence-corrected chi connectivity index (χ1v) is 7.99. The molecular weight excluding hydrogens is 338 g/mol. The van der Waals surface area contributed by atoms with Gasteiger partial charge in [0.1, 0.15) is 0 Å². The van der Waals surface area contributed by atoms with Gasteiger partial charge in [-0.15, -0.1) is 0 Å². The van der Waals surface area contributed by atoms with E-state index in [0.29, 0.717) is 0 Å². The number of rotatable bonds is 3. The lowest BCUT2D eigenvalue weighted by Gasteiger charge is -2.14. The quantitative estimate of drug-likeness (QED) is 0.675. The molecule has 0 saturated heterocycles. The molecule has 0 saturated carbocycles. The smallest absolute Gasteiger partial charge is 0.231 e. The number of hydrogen-bond donors (Lipinski definition) is 1. The van der Waals surface area contributed by atoms with E-state index in [2.05, 4.69) is 21.2 Å². The van der Waals surface area contributed by atoms with Crippen LogP contribution in [0.1, 0.15) is 18.4 Å². The van der Waals surface area contributed by atoms with Crippen molar-refractivity contribution in [2.24, 2.45) is 0 Å². The predicted molar refractivity (Wildman–Crippen MR) is 95.1 cm³/mol. The van der Waals surface area contributed by atoms with Crippen LogP contribution in [0.15, 0.2) is 71.2 Å². The zero-order valence-corrected chi connectivity index (χ0v) is 13.8. The number of amides is 1. The topological polar surface area (TPSA) is 29.1 Å². The number of anilines is 1. The molecule has 0 aliphatic rings. The first-order chi connectivity index (χ1) is 10.7. The number of fused-ring (bicyclic) bond motifs is 1. The Balaban J connectivity index is 1.90. The highest BCUT2D eigenvalue weighted by atomic mass is 79.9. The van der Waals surface area contributed by atoms with Gasteiger partial charge in [0.15, 0.2) is 0 Å². The van der Waals surface area contributed by atoms with Gasteiger partial charge < -0.3 is 5.32 Å². The van der Waals surface area contributed by atoms with E-state index in [1.165, 1.54) is 0 Å². The van der Waals surface area contributed by atoms with Crippen LogP contribution in [0.4, 0.5) is 5.69 Å². The molecule has 0 aliphatic heterocycles. The maximum Gasteiger partial charge on any atom is 0.231 e. The molecule has 3 aromatic rings. The van der Waals surface area contributed by atoms with Gasteiger partial charge in [0, 0.05) is 15.5 Å². The van der Waals surface area contributed by atoms with E-state index >= 15 is 0 Å². The minimum atomic E-state index is -0.191. The second-order valence-corrected chi connectivity index (χ2v) is 6.12. The van der Waals surface area contributed by atoms with E-state index in [1.54, 1.807) is 0 Å². The SMILES string of the molecule is CC(C(=O)Nc1ccc(Br)c2ccccc12)c1ccccc1. The highest BCUT2D eigenvalue weighted by Gasteiger charge is 2.16. The van der Waals surface area contributed by atoms with Gasteiger partial charge in [0.2, 0.25) is 5.91 Å². The van der Waals surface area contributed by atoms with E-state index in [4.69, 9.17) is 0 Å². The molecule has 0 fully saturated rings. The standard InChI is InChI=1S/C19H16BrNO/c1-13(14-7-3-2-4-8-14)19(22)21-18-12-11-17(20)15-9-5-6-10-16(15)18/h2-13H,1H3,(H,21,22). The molecule has 3 aromatic carbocycles. The maximum absolute atomic E-state index is 12.5. The van der Waals surface area contributed by atoms with Gasteiger partial charge in [0.25, 0.3) is 0 Å². The van der Waals surface area contributed by atoms with Crippen LogP contribution in [0.2, 0.25) is 0 Å². The second kappa shape index (κ2) is 6.32. The normalized spacial score (nSPS) is 12.1. The van der Waals surface area contributed by atoms with Gasteiger partial charge in [-0.1, -0.05) is 70.5 Å². The lowest BCUT2D eigenvalue weighted by atomic mass is 10.00. The van der Waals surface area contributed by atoms with Crippen molar-refractivity contribution in [3.8, 4) is 0 Å². The number of carbonyl (C=O) groups excluding carboxylic acids is 1. The van der Waals surface area contributed by atoms with Crippen molar-refractivity contribution >= 4 is 38.3 Å². The lowest BCUT2D eigenvalue weighted by molar-refractivity contribution is -0.117. The third kappa shape index (κ3) is 2.90. The molecule has 1 N–H and O–H groups in total. The highest BCUT2D eigenvalue weighted by Crippen LogP contribution is 2.30. The van der Waals surface area contributed by atoms with Crippen molar-refractivity contribution in [1.82, 2.24) is 0 Å². The van der Waals surface area contributed by atoms with Gasteiger partial charge in [-0.2, -0.15) is 0 Å². The third-order valence-corrected chi connectivity index (χ3v) is 4.51. The summed E-state index contributed by atoms with van der Waals surface area (Å²) in [7, 11) is 0. The van der Waals surface area contributed by atoms with E-state index in [-0.39, 0.29) is 11.8 Å². The Bertz CT molecular complexity index is 814. The maximum atomic E-state index is 12.5. The summed E-state index contributed by atoms with van der Waals surface area (Å²) in [5.41, 5.74) is 1.85. The summed E-state index contributed by atoms with van der Waals surface area (Å²) in [5, 5.41) is 5.17. The fourth-order valence-corrected chi connectivity index (χ4v) is 2.98. The van der Waals surface area contributed by atoms with Crippen LogP contribution in [0.3, 0.4) is 0 Å². The van der Waals surface area contributed by atoms with Crippen LogP contribution in [-0.2, 0) is 4.79 Å². The molecule has 1 atom stereocenters. The van der Waals surface area contributed by atoms with Gasteiger partial charge in [0.05, 0.1) is 5.92 Å². The average Bonchev–Trinajstić information content (AvgIpc) is 2.57. The second-order valence-electron chi connectivity index (χ2n) is 5.26. The fraction of sp³-hybridized carbons (Fsp3) is 0.105. The summed E-state index contributed by atoms with van der Waals surface area (Å²) in [4.78, 5) is 12.5. The van der Waals surface area contributed by atoms with Gasteiger partial charge in [-0.05, 0) is 30.0 Å². The molecule has 2 nitrogen and oxygen atoms in total. The highest BCUT2D eigenvalue weighted by molar-refractivity contribution is 9.10. The summed E-state index contributed by atoms with van der Waals surface area (Å²) < 4.78 is 1.03. The molecular formula is C19H16BrNO. The Hall–Kier alpha value is -2.13. The van der Waals surface area contributed by atoms with Crippen molar-refractivity contribution in [2.45, 2.75) is 12.8 Å². The van der Waals surface area contributed by atoms with Gasteiger partial charge in [-0.3, -0.25) is 4.79 Å². The molecule has 3 heteroatoms. The molecule has 110 valence electrons. The average molecular weight is 354 g/mol. The van der Waals surface area contributed by atoms with Gasteiger partial charge >= 0.3 is 0 Å². The molecule has 0 radical (unpaired) electrons. The zero-order valence-electron chi connectivity index (χ0n) is 12.2. The van der Waals surface area contributed by atoms with E-state index < -0.39 is 0 Å². The van der Waals surface area contributed by atoms with Crippen molar-refractivity contribution in [2.75, 3.05) is 5.32 Å². The number of halogens is 1. The first kappa shape index (κ1) is 14.8. The van der Waals surface area contributed by atoms with Crippen LogP contribution in [0.25, 0.3) is 10.8 Å². The van der Waals surface area contributed by atoms with Crippen molar-refractivity contribution in [3.63, 3.8) is 0 Å². The molecule has 1 amide bonds. The third-order valence-electron chi connectivity index (χ3n) is 3.82. The molecule has 0 heterocycles. The van der Waals surface area contributed by atoms with Crippen molar-refractivity contribution < 1.29 is 4.79 Å². The Kier molecular flexibility index (Phi) is 4.25. The zero-order chi connectivity index (χ0) is 15.5. The Morgan fingerprint density at radius 2 is 1.55 bits per heavy atom. The largest absolute Gasteiger partial charge is 0.325 e. The summed E-state index contributed by atoms with van der Waals surface area (Å²) in [6.45, 7) is 1.92. The number of nitrogens with one attached hydrogen (secondary N) is 1. The first-order valence-electron chi connectivity index (χ1n) is 7.20. The van der Waals surface area contributed by atoms with Crippen molar-refractivity contribution in [3.05, 3.63) is 76.8 Å². The van der Waals surface area contributed by atoms with Gasteiger partial charge in [-0.25, -0.2) is 0 Å². The molecule has 0 aliphatic carbocycles. The Labute approximate surface area is 138 Å². The monoisotopic (exact) mass is 353 g/mol. The Morgan fingerprint density at radius 3 is 2.27 bits per heavy atom. The molecule has 0 spiro atoms. The summed E-state index contributed by atoms with van der Waals surface area (Å²) in [6, 6.07) is 21.7. The molecule has 3 rings (SSSR count). The predicted octanol–water partition coefficient (Wildman–Crippen LogP) is 5.34. The van der Waals surface area contributed by atoms with E-state index in [1.807, 2.05) is 73.7 Å². The number of hydrogen-bond acceptors (Lipinski definition) is 1. The number of benzene rings is 3.